The summed E-state index contributed by atoms with van der Waals surface area (Å²) in [5.41, 5.74) is 1.08. The summed E-state index contributed by atoms with van der Waals surface area (Å²) in [4.78, 5) is 0. The van der Waals surface area contributed by atoms with Gasteiger partial charge in [0.2, 0.25) is 0 Å². The van der Waals surface area contributed by atoms with Crippen molar-refractivity contribution >= 4 is 5.71 Å². The van der Waals surface area contributed by atoms with Crippen LogP contribution in [0, 0.1) is 0 Å². The lowest BCUT2D eigenvalue weighted by Gasteiger charge is -1.83. The van der Waals surface area contributed by atoms with E-state index in [1.807, 2.05) is 0 Å². The summed E-state index contributed by atoms with van der Waals surface area (Å²) in [5.74, 6) is 4.98. The molecule has 0 saturated carbocycles. The molecule has 1 heterocycles. The van der Waals surface area contributed by atoms with Crippen LogP contribution >= 0.6 is 0 Å². The van der Waals surface area contributed by atoms with Gasteiger partial charge in [-0.1, -0.05) is 0 Å². The molecule has 0 aromatic rings. The van der Waals surface area contributed by atoms with Gasteiger partial charge in [0, 0.05) is 19.5 Å². The van der Waals surface area contributed by atoms with Crippen molar-refractivity contribution in [3.05, 3.63) is 0 Å². The highest BCUT2D eigenvalue weighted by Gasteiger charge is 2.04. The van der Waals surface area contributed by atoms with Crippen LogP contribution in [0.4, 0.5) is 0 Å². The minimum Gasteiger partial charge on any atom is -0.323 e. The van der Waals surface area contributed by atoms with Gasteiger partial charge < -0.3 is 11.2 Å². The highest BCUT2D eigenvalue weighted by atomic mass is 15.1. The molecule has 0 aromatic heterocycles. The Morgan fingerprint density at radius 2 is 2.57 bits per heavy atom. The summed E-state index contributed by atoms with van der Waals surface area (Å²) in [7, 11) is 0. The van der Waals surface area contributed by atoms with Crippen molar-refractivity contribution in [2.24, 2.45) is 10.9 Å². The second-order valence-corrected chi connectivity index (χ2v) is 1.62. The Bertz CT molecular complexity index is 78.9. The first-order valence-electron chi connectivity index (χ1n) is 2.40. The Morgan fingerprint density at radius 3 is 2.86 bits per heavy atom. The van der Waals surface area contributed by atoms with Crippen LogP contribution in [0.25, 0.3) is 0 Å². The van der Waals surface area contributed by atoms with Gasteiger partial charge in [0.05, 0.1) is 5.71 Å². The monoisotopic (exact) mass is 99.1 g/mol. The van der Waals surface area contributed by atoms with E-state index in [-0.39, 0.29) is 0 Å². The van der Waals surface area contributed by atoms with E-state index in [0.29, 0.717) is 0 Å². The van der Waals surface area contributed by atoms with Gasteiger partial charge in [0.25, 0.3) is 0 Å². The molecule has 1 aliphatic rings. The van der Waals surface area contributed by atoms with E-state index in [1.165, 1.54) is 0 Å². The van der Waals surface area contributed by atoms with Crippen molar-refractivity contribution in [1.82, 2.24) is 5.32 Å². The zero-order valence-electron chi connectivity index (χ0n) is 4.15. The molecule has 0 atom stereocenters. The molecule has 0 amide bonds. The number of nitrogens with one attached hydrogen (secondary N) is 1. The third-order valence-electron chi connectivity index (χ3n) is 1.10. The van der Waals surface area contributed by atoms with Crippen LogP contribution in [-0.4, -0.2) is 18.8 Å². The average Bonchev–Trinajstić information content (AvgIpc) is 2.14. The number of nitrogens with two attached hydrogens (primary N) is 1. The van der Waals surface area contributed by atoms with Crippen molar-refractivity contribution in [2.75, 3.05) is 13.1 Å². The lowest BCUT2D eigenvalue weighted by atomic mass is 10.3. The maximum Gasteiger partial charge on any atom is 0.0526 e. The van der Waals surface area contributed by atoms with E-state index in [0.717, 1.165) is 25.2 Å². The van der Waals surface area contributed by atoms with Crippen LogP contribution in [0.5, 0.6) is 0 Å². The Kier molecular flexibility index (Phi) is 1.26. The van der Waals surface area contributed by atoms with Gasteiger partial charge in [-0.05, 0) is 0 Å². The molecule has 0 radical (unpaired) electrons. The fourth-order valence-electron chi connectivity index (χ4n) is 0.664. The first kappa shape index (κ1) is 4.59. The SMILES string of the molecule is N/N=C1\CCNC1. The molecule has 7 heavy (non-hydrogen) atoms. The van der Waals surface area contributed by atoms with Gasteiger partial charge in [0.15, 0.2) is 0 Å². The lowest BCUT2D eigenvalue weighted by Crippen LogP contribution is -2.09. The van der Waals surface area contributed by atoms with Gasteiger partial charge >= 0.3 is 0 Å². The predicted molar refractivity (Wildman–Crippen MR) is 29.1 cm³/mol. The average molecular weight is 99.1 g/mol. The van der Waals surface area contributed by atoms with E-state index in [4.69, 9.17) is 5.84 Å². The molecule has 1 saturated heterocycles. The van der Waals surface area contributed by atoms with Crippen LogP contribution < -0.4 is 11.2 Å². The van der Waals surface area contributed by atoms with E-state index >= 15 is 0 Å². The largest absolute Gasteiger partial charge is 0.323 e. The first-order valence-corrected chi connectivity index (χ1v) is 2.40. The molecule has 0 unspecified atom stereocenters. The third-order valence-corrected chi connectivity index (χ3v) is 1.10. The number of nitrogens with zero attached hydrogens (tertiary/aromatic N) is 1. The second kappa shape index (κ2) is 1.93. The second-order valence-electron chi connectivity index (χ2n) is 1.62. The quantitative estimate of drug-likeness (QED) is 0.311. The normalized spacial score (nSPS) is 26.6. The summed E-state index contributed by atoms with van der Waals surface area (Å²) < 4.78 is 0. The number of rotatable bonds is 0. The lowest BCUT2D eigenvalue weighted by molar-refractivity contribution is 0.863. The van der Waals surface area contributed by atoms with E-state index in [1.54, 1.807) is 0 Å². The predicted octanol–water partition coefficient (Wildman–Crippen LogP) is -0.706. The summed E-state index contributed by atoms with van der Waals surface area (Å²) in [6, 6.07) is 0. The van der Waals surface area contributed by atoms with E-state index < -0.39 is 0 Å². The van der Waals surface area contributed by atoms with E-state index in [9.17, 15) is 0 Å². The molecular weight excluding hydrogens is 90.1 g/mol. The Morgan fingerprint density at radius 1 is 1.71 bits per heavy atom. The molecule has 1 fully saturated rings. The highest BCUT2D eigenvalue weighted by molar-refractivity contribution is 5.87. The van der Waals surface area contributed by atoms with Crippen molar-refractivity contribution in [1.29, 1.82) is 0 Å². The topological polar surface area (TPSA) is 50.4 Å². The molecule has 3 nitrogen and oxygen atoms in total. The standard InChI is InChI=1S/C4H9N3/c5-7-4-1-2-6-3-4/h6H,1-3,5H2/b7-4+. The van der Waals surface area contributed by atoms with Crippen LogP contribution in [0.3, 0.4) is 0 Å². The number of hydrazone groups is 1. The molecule has 0 aliphatic carbocycles. The summed E-state index contributed by atoms with van der Waals surface area (Å²) in [6.45, 7) is 1.92. The van der Waals surface area contributed by atoms with Crippen molar-refractivity contribution in [2.45, 2.75) is 6.42 Å². The summed E-state index contributed by atoms with van der Waals surface area (Å²) >= 11 is 0. The van der Waals surface area contributed by atoms with Crippen LogP contribution in [-0.2, 0) is 0 Å². The van der Waals surface area contributed by atoms with Gasteiger partial charge in [-0.3, -0.25) is 0 Å². The minimum absolute atomic E-state index is 0.885. The summed E-state index contributed by atoms with van der Waals surface area (Å²) in [5, 5.41) is 6.65. The molecule has 0 aromatic carbocycles. The maximum atomic E-state index is 4.98. The zero-order chi connectivity index (χ0) is 5.11. The van der Waals surface area contributed by atoms with Gasteiger partial charge in [-0.2, -0.15) is 5.10 Å². The van der Waals surface area contributed by atoms with Crippen LogP contribution in [0.2, 0.25) is 0 Å². The number of hydrogen-bond acceptors (Lipinski definition) is 3. The van der Waals surface area contributed by atoms with Crippen molar-refractivity contribution in [3.63, 3.8) is 0 Å². The van der Waals surface area contributed by atoms with Gasteiger partial charge in [0.1, 0.15) is 0 Å². The summed E-state index contributed by atoms with van der Waals surface area (Å²) in [6.07, 6.45) is 1.02. The molecule has 0 spiro atoms. The highest BCUT2D eigenvalue weighted by Crippen LogP contribution is 1.88. The van der Waals surface area contributed by atoms with Gasteiger partial charge in [-0.25, -0.2) is 0 Å². The smallest absolute Gasteiger partial charge is 0.0526 e. The molecule has 40 valence electrons. The molecule has 3 N–H and O–H groups in total. The fraction of sp³-hybridized carbons (Fsp3) is 0.750. The molecule has 0 bridgehead atoms. The van der Waals surface area contributed by atoms with E-state index in [2.05, 4.69) is 10.4 Å². The maximum absolute atomic E-state index is 4.98. The zero-order valence-corrected chi connectivity index (χ0v) is 4.15. The van der Waals surface area contributed by atoms with Crippen molar-refractivity contribution in [3.8, 4) is 0 Å². The van der Waals surface area contributed by atoms with Crippen LogP contribution in [0.15, 0.2) is 5.10 Å². The molecule has 1 rings (SSSR count). The van der Waals surface area contributed by atoms with Gasteiger partial charge in [-0.15, -0.1) is 0 Å². The Balaban J connectivity index is 2.41. The fourth-order valence-corrected chi connectivity index (χ4v) is 0.664. The molecule has 1 aliphatic heterocycles. The minimum atomic E-state index is 0.885. The molecular formula is C4H9N3. The first-order chi connectivity index (χ1) is 3.43. The Labute approximate surface area is 42.6 Å². The Hall–Kier alpha value is -0.570. The number of hydrogen-bond donors (Lipinski definition) is 2. The van der Waals surface area contributed by atoms with Crippen LogP contribution in [0.1, 0.15) is 6.42 Å². The molecule has 3 heteroatoms. The van der Waals surface area contributed by atoms with Crippen molar-refractivity contribution < 1.29 is 0 Å². The third kappa shape index (κ3) is 0.899.